The number of para-hydroxylation sites is 3. The smallest absolute Gasteiger partial charge is 0.227 e. The van der Waals surface area contributed by atoms with Crippen molar-refractivity contribution >= 4 is 102 Å². The lowest BCUT2D eigenvalue weighted by Gasteiger charge is -2.33. The average molecular weight is 1660 g/mol. The van der Waals surface area contributed by atoms with E-state index in [1.165, 1.54) is 38.9 Å². The summed E-state index contributed by atoms with van der Waals surface area (Å²) in [6.07, 6.45) is 16.6. The van der Waals surface area contributed by atoms with Crippen molar-refractivity contribution in [3.05, 3.63) is 323 Å². The van der Waals surface area contributed by atoms with Gasteiger partial charge in [0, 0.05) is 138 Å². The van der Waals surface area contributed by atoms with Crippen molar-refractivity contribution in [2.24, 2.45) is 35.5 Å². The summed E-state index contributed by atoms with van der Waals surface area (Å²) in [5.74, 6) is -5.21. The van der Waals surface area contributed by atoms with Gasteiger partial charge in [0.2, 0.25) is 35.4 Å². The van der Waals surface area contributed by atoms with E-state index >= 15 is 0 Å². The molecule has 6 N–H and O–H groups in total. The lowest BCUT2D eigenvalue weighted by Crippen LogP contribution is -2.40. The normalized spacial score (nSPS) is 18.1. The third-order valence-electron chi connectivity index (χ3n) is 26.6. The highest BCUT2D eigenvalue weighted by atomic mass is 16.2. The maximum Gasteiger partial charge on any atom is 0.227 e. The molecule has 0 bridgehead atoms. The molecule has 18 heteroatoms. The topological polar surface area (TPSA) is 252 Å². The molecule has 6 aromatic heterocycles. The van der Waals surface area contributed by atoms with E-state index in [1.54, 1.807) is 0 Å². The summed E-state index contributed by atoms with van der Waals surface area (Å²) in [5.41, 5.74) is 28.1. The highest BCUT2D eigenvalue weighted by Gasteiger charge is 2.42. The SMILES string of the molecule is Cc1cc(-c2ccc(NC(=O)C3CC(C(=O)Nc4ccc(-c5cc(C)c6ccccc6n5)cc4)CC(C(=O)Nc4ccc(-c5cc(CC6CCc7cc(-c8ccc(NC(=O)C9CC(C(=O)Nc%10ccc(-c%11cc%12c(cn%11)CCC%12)cc%10)CC(C(=O)Nc%10ccc(-c%11cc%12c(cn%11)CCC%12)cc%10)C9)cc8)ncc76)c6ccccc6n5)cc4)C3)cc2)nc2ccccc12. The standard InChI is InChI=1S/C108H94N12O6/c1-63-47-100(118-94-18-6-3-15-90(63)94)68-29-41-87(42-30-68)115-106(124)81-53-82(107(125)116-88-43-31-69(32-44-88)101-48-64(2)91-16-4-7-19-95(91)119-101)55-83(54-81)108(126)117-89-45-33-70(34-46-89)102-59-77(92-17-5-8-20-96(92)120-102)49-73-21-22-74-58-99(111-62-93(73)74)67-27-39-86(40-28-67)114-105(123)80-51-78(103(121)112-84-35-23-65(24-36-84)97-56-71-11-9-13-75(71)60-109-97)50-79(52-80)104(122)113-85-37-25-66(26-38-85)98-57-72-12-10-14-76(72)61-110-98/h3-8,15-20,23-48,56-62,73,78-83H,9-14,21-22,49-55H2,1-2H3,(H,112,121)(H,113,122)(H,114,123)(H,115,124)(H,116,125)(H,117,126). The number of benzene rings is 9. The summed E-state index contributed by atoms with van der Waals surface area (Å²) in [7, 11) is 0. The Morgan fingerprint density at radius 3 is 0.905 bits per heavy atom. The van der Waals surface area contributed by atoms with Crippen molar-refractivity contribution in [1.82, 2.24) is 29.9 Å². The third kappa shape index (κ3) is 17.1. The maximum atomic E-state index is 14.7. The number of rotatable bonds is 20. The fourth-order valence-corrected chi connectivity index (χ4v) is 19.7. The molecule has 5 aliphatic carbocycles. The zero-order valence-corrected chi connectivity index (χ0v) is 70.3. The molecule has 5 aliphatic rings. The molecule has 622 valence electrons. The molecule has 6 heterocycles. The first-order valence-electron chi connectivity index (χ1n) is 44.1. The Morgan fingerprint density at radius 2 is 0.563 bits per heavy atom. The minimum atomic E-state index is -0.670. The molecule has 2 saturated carbocycles. The molecule has 18 nitrogen and oxygen atoms in total. The first kappa shape index (κ1) is 79.9. The third-order valence-corrected chi connectivity index (χ3v) is 26.6. The Labute approximate surface area is 731 Å². The van der Waals surface area contributed by atoms with Crippen LogP contribution in [-0.4, -0.2) is 65.3 Å². The number of pyridine rings is 6. The fraction of sp³-hybridized carbons (Fsp3) is 0.222. The number of anilines is 6. The van der Waals surface area contributed by atoms with Crippen LogP contribution in [0.4, 0.5) is 34.1 Å². The minimum absolute atomic E-state index is 0.197. The van der Waals surface area contributed by atoms with Gasteiger partial charge in [0.15, 0.2) is 0 Å². The largest absolute Gasteiger partial charge is 0.326 e. The minimum Gasteiger partial charge on any atom is -0.326 e. The molecule has 20 rings (SSSR count). The van der Waals surface area contributed by atoms with E-state index < -0.39 is 35.5 Å². The lowest BCUT2D eigenvalue weighted by molar-refractivity contribution is -0.131. The second-order valence-corrected chi connectivity index (χ2v) is 35.0. The Morgan fingerprint density at radius 1 is 0.286 bits per heavy atom. The van der Waals surface area contributed by atoms with E-state index in [9.17, 15) is 28.8 Å². The van der Waals surface area contributed by atoms with Gasteiger partial charge in [-0.3, -0.25) is 43.7 Å². The molecule has 6 amide bonds. The van der Waals surface area contributed by atoms with Gasteiger partial charge >= 0.3 is 0 Å². The number of carbonyl (C=O) groups excluding carboxylic acids is 6. The molecule has 5 unspecified atom stereocenters. The zero-order chi connectivity index (χ0) is 85.5. The number of hydrogen-bond donors (Lipinski definition) is 6. The zero-order valence-electron chi connectivity index (χ0n) is 70.3. The van der Waals surface area contributed by atoms with Crippen molar-refractivity contribution in [3.8, 4) is 67.5 Å². The summed E-state index contributed by atoms with van der Waals surface area (Å²) in [4.78, 5) is 117. The maximum absolute atomic E-state index is 14.7. The highest BCUT2D eigenvalue weighted by molar-refractivity contribution is 6.01. The summed E-state index contributed by atoms with van der Waals surface area (Å²) >= 11 is 0. The van der Waals surface area contributed by atoms with Crippen LogP contribution in [0.1, 0.15) is 114 Å². The van der Waals surface area contributed by atoms with Gasteiger partial charge in [0.25, 0.3) is 0 Å². The number of carbonyl (C=O) groups is 6. The summed E-state index contributed by atoms with van der Waals surface area (Å²) in [5, 5.41) is 22.1. The van der Waals surface area contributed by atoms with E-state index in [-0.39, 0.29) is 79.9 Å². The van der Waals surface area contributed by atoms with Gasteiger partial charge in [-0.15, -0.1) is 0 Å². The van der Waals surface area contributed by atoms with Gasteiger partial charge in [-0.25, -0.2) is 15.0 Å². The van der Waals surface area contributed by atoms with E-state index in [2.05, 4.69) is 106 Å². The van der Waals surface area contributed by atoms with E-state index in [1.807, 2.05) is 213 Å². The Hall–Kier alpha value is -14.5. The van der Waals surface area contributed by atoms with Gasteiger partial charge in [0.05, 0.1) is 50.7 Å². The van der Waals surface area contributed by atoms with Crippen LogP contribution in [0.3, 0.4) is 0 Å². The van der Waals surface area contributed by atoms with Crippen molar-refractivity contribution < 1.29 is 28.8 Å². The molecule has 2 fully saturated rings. The van der Waals surface area contributed by atoms with Gasteiger partial charge in [-0.1, -0.05) is 127 Å². The predicted octanol–water partition coefficient (Wildman–Crippen LogP) is 21.9. The number of fused-ring (bicyclic) bond motifs is 6. The second kappa shape index (κ2) is 34.7. The van der Waals surface area contributed by atoms with Crippen LogP contribution in [0.5, 0.6) is 0 Å². The Bertz CT molecular complexity index is 6510. The summed E-state index contributed by atoms with van der Waals surface area (Å²) in [6, 6.07) is 83.3. The van der Waals surface area contributed by atoms with Crippen LogP contribution in [0.2, 0.25) is 0 Å². The number of aromatic nitrogens is 6. The number of hydrogen-bond acceptors (Lipinski definition) is 12. The summed E-state index contributed by atoms with van der Waals surface area (Å²) < 4.78 is 0. The lowest BCUT2D eigenvalue weighted by atomic mass is 9.74. The second-order valence-electron chi connectivity index (χ2n) is 35.0. The molecule has 15 aromatic rings. The molecule has 0 spiro atoms. The molecule has 9 aromatic carbocycles. The summed E-state index contributed by atoms with van der Waals surface area (Å²) in [6.45, 7) is 4.16. The fourth-order valence-electron chi connectivity index (χ4n) is 19.7. The number of nitrogens with zero attached hydrogens (tertiary/aromatic N) is 6. The number of nitrogens with one attached hydrogen (secondary N) is 6. The van der Waals surface area contributed by atoms with Crippen molar-refractivity contribution in [2.45, 2.75) is 116 Å². The van der Waals surface area contributed by atoms with E-state index in [0.717, 1.165) is 169 Å². The molecule has 0 saturated heterocycles. The molecule has 0 aliphatic heterocycles. The molecule has 5 atom stereocenters. The molecular weight excluding hydrogens is 1560 g/mol. The van der Waals surface area contributed by atoms with Crippen LogP contribution >= 0.6 is 0 Å². The van der Waals surface area contributed by atoms with Crippen molar-refractivity contribution in [2.75, 3.05) is 31.9 Å². The molecular formula is C108H94N12O6. The van der Waals surface area contributed by atoms with Crippen molar-refractivity contribution in [3.63, 3.8) is 0 Å². The van der Waals surface area contributed by atoms with Crippen LogP contribution in [-0.2, 0) is 67.3 Å². The quantitative estimate of drug-likeness (QED) is 0.0417. The van der Waals surface area contributed by atoms with E-state index in [0.29, 0.717) is 34.1 Å². The molecule has 126 heavy (non-hydrogen) atoms. The molecule has 0 radical (unpaired) electrons. The van der Waals surface area contributed by atoms with E-state index in [4.69, 9.17) is 29.9 Å². The first-order chi connectivity index (χ1) is 61.6. The van der Waals surface area contributed by atoms with Crippen LogP contribution in [0, 0.1) is 49.4 Å². The highest BCUT2D eigenvalue weighted by Crippen LogP contribution is 2.43. The first-order valence-corrected chi connectivity index (χ1v) is 44.1. The van der Waals surface area contributed by atoms with Crippen molar-refractivity contribution in [1.29, 1.82) is 0 Å². The van der Waals surface area contributed by atoms with Gasteiger partial charge in [-0.05, 0) is 294 Å². The monoisotopic (exact) mass is 1650 g/mol. The Kier molecular flexibility index (Phi) is 22.0. The average Bonchev–Trinajstić information content (AvgIpc) is 1.79. The van der Waals surface area contributed by atoms with Crippen LogP contribution in [0.15, 0.2) is 273 Å². The Balaban J connectivity index is 0.490. The van der Waals surface area contributed by atoms with Crippen LogP contribution < -0.4 is 31.9 Å². The van der Waals surface area contributed by atoms with Gasteiger partial charge < -0.3 is 31.9 Å². The van der Waals surface area contributed by atoms with Gasteiger partial charge in [0.1, 0.15) is 0 Å². The predicted molar refractivity (Wildman–Crippen MR) is 499 cm³/mol. The van der Waals surface area contributed by atoms with Crippen LogP contribution in [0.25, 0.3) is 100 Å². The van der Waals surface area contributed by atoms with Gasteiger partial charge in [-0.2, -0.15) is 0 Å². The number of amides is 6. The number of aryl methyl sites for hydroxylation is 7.